The lowest BCUT2D eigenvalue weighted by molar-refractivity contribution is -0.114. The molecule has 0 unspecified atom stereocenters. The van der Waals surface area contributed by atoms with Crippen molar-refractivity contribution in [3.63, 3.8) is 0 Å². The van der Waals surface area contributed by atoms with Crippen molar-refractivity contribution < 1.29 is 19.1 Å². The Morgan fingerprint density at radius 1 is 0.968 bits per heavy atom. The smallest absolute Gasteiger partial charge is 0.253 e. The summed E-state index contributed by atoms with van der Waals surface area (Å²) in [4.78, 5) is 38.6. The molecule has 1 heterocycles. The minimum Gasteiger partial charge on any atom is -0.383 e. The van der Waals surface area contributed by atoms with Gasteiger partial charge in [0.2, 0.25) is 5.91 Å². The number of carbonyl (C=O) groups excluding carboxylic acids is 3. The van der Waals surface area contributed by atoms with E-state index in [1.807, 2.05) is 11.0 Å². The second-order valence-electron chi connectivity index (χ2n) is 7.31. The van der Waals surface area contributed by atoms with Crippen molar-refractivity contribution in [1.82, 2.24) is 10.2 Å². The van der Waals surface area contributed by atoms with Crippen LogP contribution < -0.4 is 16.0 Å². The van der Waals surface area contributed by atoms with E-state index in [4.69, 9.17) is 4.74 Å². The van der Waals surface area contributed by atoms with Gasteiger partial charge in [-0.05, 0) is 55.3 Å². The van der Waals surface area contributed by atoms with Gasteiger partial charge in [0, 0.05) is 49.2 Å². The molecule has 0 radical (unpaired) electrons. The van der Waals surface area contributed by atoms with Gasteiger partial charge >= 0.3 is 0 Å². The summed E-state index contributed by atoms with van der Waals surface area (Å²) in [5.74, 6) is -0.398. The first-order valence-corrected chi connectivity index (χ1v) is 10.4. The van der Waals surface area contributed by atoms with Gasteiger partial charge in [0.1, 0.15) is 0 Å². The third-order valence-electron chi connectivity index (χ3n) is 4.98. The third kappa shape index (κ3) is 6.55. The fraction of sp³-hybridized carbons (Fsp3) is 0.348. The summed E-state index contributed by atoms with van der Waals surface area (Å²) in [5.41, 5.74) is 2.43. The molecular formula is C23H28N4O4. The SMILES string of the molecule is COCCNC(=O)c1ccc(NC(=O)CNc2cccc(C(=O)N3CCCC3)c2)cc1. The molecule has 0 aliphatic carbocycles. The number of hydrogen-bond donors (Lipinski definition) is 3. The van der Waals surface area contributed by atoms with E-state index in [0.29, 0.717) is 35.7 Å². The summed E-state index contributed by atoms with van der Waals surface area (Å²) in [6.45, 7) is 2.53. The van der Waals surface area contributed by atoms with Crippen molar-refractivity contribution in [2.24, 2.45) is 0 Å². The molecule has 0 spiro atoms. The Bertz CT molecular complexity index is 908. The molecule has 1 fully saturated rings. The number of carbonyl (C=O) groups is 3. The average Bonchev–Trinajstić information content (AvgIpc) is 3.33. The maximum atomic E-state index is 12.5. The highest BCUT2D eigenvalue weighted by Crippen LogP contribution is 2.16. The number of nitrogens with one attached hydrogen (secondary N) is 3. The van der Waals surface area contributed by atoms with E-state index in [0.717, 1.165) is 25.9 Å². The Kier molecular flexibility index (Phi) is 8.00. The van der Waals surface area contributed by atoms with E-state index in [-0.39, 0.29) is 24.3 Å². The number of amides is 3. The lowest BCUT2D eigenvalue weighted by Crippen LogP contribution is -2.27. The molecule has 1 aliphatic heterocycles. The van der Waals surface area contributed by atoms with E-state index < -0.39 is 0 Å². The molecule has 3 N–H and O–H groups in total. The first-order chi connectivity index (χ1) is 15.1. The molecule has 8 nitrogen and oxygen atoms in total. The van der Waals surface area contributed by atoms with Crippen molar-refractivity contribution in [2.45, 2.75) is 12.8 Å². The van der Waals surface area contributed by atoms with Crippen LogP contribution in [-0.2, 0) is 9.53 Å². The molecule has 31 heavy (non-hydrogen) atoms. The normalized spacial score (nSPS) is 13.0. The van der Waals surface area contributed by atoms with Crippen LogP contribution in [0.5, 0.6) is 0 Å². The molecule has 0 saturated carbocycles. The second kappa shape index (κ2) is 11.1. The van der Waals surface area contributed by atoms with Crippen LogP contribution >= 0.6 is 0 Å². The minimum atomic E-state index is -0.228. The first-order valence-electron chi connectivity index (χ1n) is 10.4. The molecule has 164 valence electrons. The Morgan fingerprint density at radius 3 is 2.42 bits per heavy atom. The highest BCUT2D eigenvalue weighted by atomic mass is 16.5. The molecule has 2 aromatic rings. The van der Waals surface area contributed by atoms with Crippen LogP contribution in [0.3, 0.4) is 0 Å². The van der Waals surface area contributed by atoms with E-state index in [1.54, 1.807) is 49.6 Å². The first kappa shape index (κ1) is 22.3. The van der Waals surface area contributed by atoms with Crippen molar-refractivity contribution in [3.8, 4) is 0 Å². The number of methoxy groups -OCH3 is 1. The van der Waals surface area contributed by atoms with Gasteiger partial charge in [0.25, 0.3) is 11.8 Å². The standard InChI is InChI=1S/C23H28N4O4/c1-31-14-11-24-22(29)17-7-9-19(10-8-17)26-21(28)16-25-20-6-4-5-18(15-20)23(30)27-12-2-3-13-27/h4-10,15,25H,2-3,11-14,16H2,1H3,(H,24,29)(H,26,28). The zero-order chi connectivity index (χ0) is 22.1. The largest absolute Gasteiger partial charge is 0.383 e. The molecule has 3 amide bonds. The number of anilines is 2. The summed E-state index contributed by atoms with van der Waals surface area (Å²) in [6.07, 6.45) is 2.09. The Balaban J connectivity index is 1.48. The van der Waals surface area contributed by atoms with E-state index in [9.17, 15) is 14.4 Å². The molecule has 0 aromatic heterocycles. The van der Waals surface area contributed by atoms with Gasteiger partial charge in [-0.2, -0.15) is 0 Å². The van der Waals surface area contributed by atoms with Crippen LogP contribution in [0, 0.1) is 0 Å². The molecule has 2 aromatic carbocycles. The predicted octanol–water partition coefficient (Wildman–Crippen LogP) is 2.35. The fourth-order valence-electron chi connectivity index (χ4n) is 3.33. The molecule has 1 aliphatic rings. The Morgan fingerprint density at radius 2 is 1.71 bits per heavy atom. The Hall–Kier alpha value is -3.39. The number of rotatable bonds is 9. The summed E-state index contributed by atoms with van der Waals surface area (Å²) in [5, 5.41) is 8.57. The highest BCUT2D eigenvalue weighted by molar-refractivity contribution is 5.97. The van der Waals surface area contributed by atoms with Gasteiger partial charge < -0.3 is 25.6 Å². The average molecular weight is 425 g/mol. The van der Waals surface area contributed by atoms with Crippen molar-refractivity contribution in [2.75, 3.05) is 50.5 Å². The molecule has 0 atom stereocenters. The zero-order valence-corrected chi connectivity index (χ0v) is 17.6. The van der Waals surface area contributed by atoms with Crippen molar-refractivity contribution >= 4 is 29.1 Å². The number of likely N-dealkylation sites (tertiary alicyclic amines) is 1. The topological polar surface area (TPSA) is 99.8 Å². The number of hydrogen-bond acceptors (Lipinski definition) is 5. The number of benzene rings is 2. The number of ether oxygens (including phenoxy) is 1. The zero-order valence-electron chi connectivity index (χ0n) is 17.6. The second-order valence-corrected chi connectivity index (χ2v) is 7.31. The monoisotopic (exact) mass is 424 g/mol. The van der Waals surface area contributed by atoms with Crippen LogP contribution in [0.4, 0.5) is 11.4 Å². The summed E-state index contributed by atoms with van der Waals surface area (Å²) < 4.78 is 4.90. The maximum absolute atomic E-state index is 12.5. The van der Waals surface area contributed by atoms with E-state index in [2.05, 4.69) is 16.0 Å². The van der Waals surface area contributed by atoms with E-state index in [1.165, 1.54) is 0 Å². The summed E-state index contributed by atoms with van der Waals surface area (Å²) >= 11 is 0. The number of nitrogens with zero attached hydrogens (tertiary/aromatic N) is 1. The van der Waals surface area contributed by atoms with Gasteiger partial charge in [-0.3, -0.25) is 14.4 Å². The van der Waals surface area contributed by atoms with Crippen molar-refractivity contribution in [1.29, 1.82) is 0 Å². The molecular weight excluding hydrogens is 396 g/mol. The van der Waals surface area contributed by atoms with Gasteiger partial charge in [-0.1, -0.05) is 6.07 Å². The van der Waals surface area contributed by atoms with Gasteiger partial charge in [-0.15, -0.1) is 0 Å². The third-order valence-corrected chi connectivity index (χ3v) is 4.98. The van der Waals surface area contributed by atoms with Crippen LogP contribution in [-0.4, -0.2) is 62.5 Å². The van der Waals surface area contributed by atoms with Crippen LogP contribution in [0.2, 0.25) is 0 Å². The maximum Gasteiger partial charge on any atom is 0.253 e. The summed E-state index contributed by atoms with van der Waals surface area (Å²) in [7, 11) is 1.57. The van der Waals surface area contributed by atoms with Gasteiger partial charge in [-0.25, -0.2) is 0 Å². The van der Waals surface area contributed by atoms with Crippen LogP contribution in [0.15, 0.2) is 48.5 Å². The van der Waals surface area contributed by atoms with Crippen molar-refractivity contribution in [3.05, 3.63) is 59.7 Å². The lowest BCUT2D eigenvalue weighted by atomic mass is 10.1. The minimum absolute atomic E-state index is 0.0250. The highest BCUT2D eigenvalue weighted by Gasteiger charge is 2.19. The van der Waals surface area contributed by atoms with Gasteiger partial charge in [0.05, 0.1) is 13.2 Å². The van der Waals surface area contributed by atoms with Gasteiger partial charge in [0.15, 0.2) is 0 Å². The molecule has 8 heteroatoms. The quantitative estimate of drug-likeness (QED) is 0.537. The lowest BCUT2D eigenvalue weighted by Gasteiger charge is -2.16. The molecule has 3 rings (SSSR count). The molecule has 1 saturated heterocycles. The fourth-order valence-corrected chi connectivity index (χ4v) is 3.33. The van der Waals surface area contributed by atoms with Crippen LogP contribution in [0.25, 0.3) is 0 Å². The van der Waals surface area contributed by atoms with Crippen LogP contribution in [0.1, 0.15) is 33.6 Å². The molecule has 0 bridgehead atoms. The Labute approximate surface area is 182 Å². The predicted molar refractivity (Wildman–Crippen MR) is 119 cm³/mol. The van der Waals surface area contributed by atoms with E-state index >= 15 is 0 Å². The summed E-state index contributed by atoms with van der Waals surface area (Å²) in [6, 6.07) is 13.9.